The van der Waals surface area contributed by atoms with Gasteiger partial charge in [0.05, 0.1) is 6.61 Å². The molecule has 232 valence electrons. The Balaban J connectivity index is 1.67. The topological polar surface area (TPSA) is 162 Å². The molecule has 2 aromatic heterocycles. The maximum atomic E-state index is 14.1. The van der Waals surface area contributed by atoms with Gasteiger partial charge in [-0.3, -0.25) is 19.2 Å². The van der Waals surface area contributed by atoms with Crippen molar-refractivity contribution in [2.24, 2.45) is 5.92 Å². The Morgan fingerprint density at radius 1 is 1.20 bits per heavy atom. The number of aryl methyl sites for hydroxylation is 1. The van der Waals surface area contributed by atoms with Gasteiger partial charge in [0.25, 0.3) is 11.5 Å². The van der Waals surface area contributed by atoms with Crippen molar-refractivity contribution in [2.45, 2.75) is 45.2 Å². The normalized spacial score (nSPS) is 15.9. The van der Waals surface area contributed by atoms with Crippen molar-refractivity contribution in [3.63, 3.8) is 0 Å². The quantitative estimate of drug-likeness (QED) is 0.208. The highest BCUT2D eigenvalue weighted by molar-refractivity contribution is 6.02. The average molecular weight is 612 g/mol. The maximum Gasteiger partial charge on any atom is 0.330 e. The summed E-state index contributed by atoms with van der Waals surface area (Å²) in [5.74, 6) is -4.58. The van der Waals surface area contributed by atoms with Crippen molar-refractivity contribution in [3.8, 4) is 0 Å². The van der Waals surface area contributed by atoms with Crippen LogP contribution in [0.25, 0.3) is 0 Å². The molecule has 0 aliphatic carbocycles. The third kappa shape index (κ3) is 8.02. The van der Waals surface area contributed by atoms with Crippen molar-refractivity contribution < 1.29 is 37.2 Å². The number of carbonyl (C=O) groups excluding carboxylic acids is 4. The number of nitrogens with one attached hydrogen (secondary N) is 3. The second kappa shape index (κ2) is 14.4. The first kappa shape index (κ1) is 31.8. The van der Waals surface area contributed by atoms with Gasteiger partial charge in [-0.1, -0.05) is 17.3 Å². The van der Waals surface area contributed by atoms with Gasteiger partial charge in [-0.15, -0.1) is 0 Å². The van der Waals surface area contributed by atoms with Crippen LogP contribution in [0.2, 0.25) is 0 Å². The summed E-state index contributed by atoms with van der Waals surface area (Å²) < 4.78 is 38.6. The van der Waals surface area contributed by atoms with Gasteiger partial charge in [0.1, 0.15) is 17.5 Å². The van der Waals surface area contributed by atoms with Crippen LogP contribution in [0.15, 0.2) is 64.1 Å². The van der Waals surface area contributed by atoms with E-state index in [0.29, 0.717) is 18.7 Å². The zero-order chi connectivity index (χ0) is 31.8. The summed E-state index contributed by atoms with van der Waals surface area (Å²) in [4.78, 5) is 64.3. The molecule has 0 saturated carbocycles. The van der Waals surface area contributed by atoms with Gasteiger partial charge in [0.15, 0.2) is 17.3 Å². The molecule has 3 atom stereocenters. The van der Waals surface area contributed by atoms with Gasteiger partial charge < -0.3 is 29.8 Å². The van der Waals surface area contributed by atoms with Crippen molar-refractivity contribution >= 4 is 29.4 Å². The molecule has 14 heteroatoms. The van der Waals surface area contributed by atoms with Crippen LogP contribution < -0.4 is 21.5 Å². The standard InChI is InChI=1S/C30H31F2N5O7/c1-3-43-26(38)9-7-20(16-19-10-11-33-27(19)39)34-29(41)25(15-18-6-8-21(31)22(32)14-18)37-12-4-5-23(30(37)42)35-28(40)24-13-17(2)44-36-24/h4-9,12-14,19-20,25H,3,10-11,15-16H2,1-2H3,(H,33,39)(H,34,41)(H,35,40)/t19-,20+,25-/m0/s1. The summed E-state index contributed by atoms with van der Waals surface area (Å²) in [6.45, 7) is 3.83. The molecule has 0 spiro atoms. The number of rotatable bonds is 12. The van der Waals surface area contributed by atoms with Crippen molar-refractivity contribution in [1.29, 1.82) is 0 Å². The Morgan fingerprint density at radius 2 is 2.00 bits per heavy atom. The highest BCUT2D eigenvalue weighted by atomic mass is 19.2. The third-order valence-electron chi connectivity index (χ3n) is 6.91. The van der Waals surface area contributed by atoms with E-state index in [4.69, 9.17) is 9.26 Å². The van der Waals surface area contributed by atoms with Crippen LogP contribution in [0, 0.1) is 24.5 Å². The average Bonchev–Trinajstić information content (AvgIpc) is 3.61. The molecule has 1 aromatic carbocycles. The number of anilines is 1. The number of ether oxygens (including phenoxy) is 1. The number of amides is 3. The van der Waals surface area contributed by atoms with E-state index in [1.807, 2.05) is 0 Å². The SMILES string of the molecule is CCOC(=O)C=C[C@H](C[C@@H]1CCNC1=O)NC(=O)[C@H](Cc1ccc(F)c(F)c1)n1cccc(NC(=O)c2cc(C)on2)c1=O. The van der Waals surface area contributed by atoms with Crippen molar-refractivity contribution in [1.82, 2.24) is 20.4 Å². The Hall–Kier alpha value is -5.14. The van der Waals surface area contributed by atoms with E-state index >= 15 is 0 Å². The lowest BCUT2D eigenvalue weighted by molar-refractivity contribution is -0.137. The van der Waals surface area contributed by atoms with Crippen molar-refractivity contribution in [3.05, 3.63) is 93.8 Å². The predicted molar refractivity (Wildman–Crippen MR) is 152 cm³/mol. The molecule has 12 nitrogen and oxygen atoms in total. The van der Waals surface area contributed by atoms with E-state index in [0.717, 1.165) is 22.8 Å². The maximum absolute atomic E-state index is 14.1. The summed E-state index contributed by atoms with van der Waals surface area (Å²) in [5, 5.41) is 11.6. The molecule has 0 unspecified atom stereocenters. The van der Waals surface area contributed by atoms with E-state index in [2.05, 4.69) is 21.1 Å². The monoisotopic (exact) mass is 611 g/mol. The predicted octanol–water partition coefficient (Wildman–Crippen LogP) is 2.59. The number of esters is 1. The molecule has 1 fully saturated rings. The van der Waals surface area contributed by atoms with Crippen LogP contribution in [0.4, 0.5) is 14.5 Å². The van der Waals surface area contributed by atoms with Crippen LogP contribution in [-0.2, 0) is 25.5 Å². The molecule has 1 aliphatic heterocycles. The van der Waals surface area contributed by atoms with Crippen LogP contribution in [0.1, 0.15) is 47.6 Å². The summed E-state index contributed by atoms with van der Waals surface area (Å²) in [5.41, 5.74) is -0.807. The first-order valence-electron chi connectivity index (χ1n) is 13.9. The minimum absolute atomic E-state index is 0.0689. The third-order valence-corrected chi connectivity index (χ3v) is 6.91. The zero-order valence-electron chi connectivity index (χ0n) is 24.0. The van der Waals surface area contributed by atoms with Crippen LogP contribution >= 0.6 is 0 Å². The molecule has 1 aliphatic rings. The number of aromatic nitrogens is 2. The van der Waals surface area contributed by atoms with Crippen LogP contribution in [-0.4, -0.2) is 52.6 Å². The number of pyridine rings is 1. The second-order valence-electron chi connectivity index (χ2n) is 10.1. The molecule has 4 rings (SSSR count). The van der Waals surface area contributed by atoms with Crippen molar-refractivity contribution in [2.75, 3.05) is 18.5 Å². The molecule has 3 aromatic rings. The minimum Gasteiger partial charge on any atom is -0.463 e. The lowest BCUT2D eigenvalue weighted by Crippen LogP contribution is -2.43. The van der Waals surface area contributed by atoms with Gasteiger partial charge in [-0.2, -0.15) is 0 Å². The second-order valence-corrected chi connectivity index (χ2v) is 10.1. The summed E-state index contributed by atoms with van der Waals surface area (Å²) in [6, 6.07) is 5.09. The number of halogens is 2. The Kier molecular flexibility index (Phi) is 10.4. The number of hydrogen-bond donors (Lipinski definition) is 3. The van der Waals surface area contributed by atoms with Crippen LogP contribution in [0.5, 0.6) is 0 Å². The van der Waals surface area contributed by atoms with E-state index in [1.54, 1.807) is 13.8 Å². The number of benzene rings is 1. The highest BCUT2D eigenvalue weighted by Crippen LogP contribution is 2.21. The molecule has 3 N–H and O–H groups in total. The fraction of sp³-hybridized carbons (Fsp3) is 0.333. The smallest absolute Gasteiger partial charge is 0.330 e. The molecule has 0 bridgehead atoms. The minimum atomic E-state index is -1.32. The molecule has 1 saturated heterocycles. The largest absolute Gasteiger partial charge is 0.463 e. The van der Waals surface area contributed by atoms with E-state index in [1.165, 1.54) is 36.5 Å². The van der Waals surface area contributed by atoms with E-state index in [-0.39, 0.29) is 42.3 Å². The zero-order valence-corrected chi connectivity index (χ0v) is 24.0. The molecular weight excluding hydrogens is 580 g/mol. The van der Waals surface area contributed by atoms with Gasteiger partial charge in [0, 0.05) is 43.3 Å². The summed E-state index contributed by atoms with van der Waals surface area (Å²) in [7, 11) is 0. The van der Waals surface area contributed by atoms with E-state index in [9.17, 15) is 32.8 Å². The molecule has 3 heterocycles. The van der Waals surface area contributed by atoms with Gasteiger partial charge in [0.2, 0.25) is 11.8 Å². The number of carbonyl (C=O) groups is 4. The highest BCUT2D eigenvalue weighted by Gasteiger charge is 2.30. The summed E-state index contributed by atoms with van der Waals surface area (Å²) in [6.07, 6.45) is 4.27. The Morgan fingerprint density at radius 3 is 2.66 bits per heavy atom. The fourth-order valence-corrected chi connectivity index (χ4v) is 4.74. The molecule has 44 heavy (non-hydrogen) atoms. The van der Waals surface area contributed by atoms with Crippen LogP contribution in [0.3, 0.4) is 0 Å². The number of hydrogen-bond acceptors (Lipinski definition) is 8. The number of nitrogens with zero attached hydrogens (tertiary/aromatic N) is 2. The fourth-order valence-electron chi connectivity index (χ4n) is 4.74. The van der Waals surface area contributed by atoms with Gasteiger partial charge in [-0.25, -0.2) is 13.6 Å². The lowest BCUT2D eigenvalue weighted by atomic mass is 9.97. The van der Waals surface area contributed by atoms with Gasteiger partial charge >= 0.3 is 5.97 Å². The molecule has 0 radical (unpaired) electrons. The van der Waals surface area contributed by atoms with Gasteiger partial charge in [-0.05, 0) is 56.5 Å². The molecule has 3 amide bonds. The Bertz CT molecular complexity index is 1630. The summed E-state index contributed by atoms with van der Waals surface area (Å²) >= 11 is 0. The first-order chi connectivity index (χ1) is 21.0. The molecular formula is C30H31F2N5O7. The lowest BCUT2D eigenvalue weighted by Gasteiger charge is -2.24. The van der Waals surface area contributed by atoms with E-state index < -0.39 is 53.0 Å². The first-order valence-corrected chi connectivity index (χ1v) is 13.9. The Labute approximate surface area is 250 Å².